The molecule has 1 atom stereocenters. The Bertz CT molecular complexity index is 500. The van der Waals surface area contributed by atoms with Crippen LogP contribution in [0, 0.1) is 18.3 Å². The van der Waals surface area contributed by atoms with E-state index in [1.54, 1.807) is 0 Å². The largest absolute Gasteiger partial charge is 0.349 e. The monoisotopic (exact) mass is 292 g/mol. The third kappa shape index (κ3) is 3.12. The van der Waals surface area contributed by atoms with Crippen LogP contribution in [0.3, 0.4) is 0 Å². The van der Waals surface area contributed by atoms with Gasteiger partial charge >= 0.3 is 0 Å². The Balaban J connectivity index is 2.07. The number of aromatic nitrogens is 2. The second-order valence-electron chi connectivity index (χ2n) is 6.67. The number of carbonyl (C=O) groups is 1. The highest BCUT2D eigenvalue weighted by Gasteiger charge is 2.40. The molecule has 1 heterocycles. The van der Waals surface area contributed by atoms with Gasteiger partial charge in [0.05, 0.1) is 17.7 Å². The van der Waals surface area contributed by atoms with Crippen LogP contribution in [0.25, 0.3) is 0 Å². The summed E-state index contributed by atoms with van der Waals surface area (Å²) in [4.78, 5) is 12.7. The molecule has 0 spiro atoms. The van der Waals surface area contributed by atoms with Crippen LogP contribution < -0.4 is 11.1 Å². The van der Waals surface area contributed by atoms with Crippen LogP contribution in [0.2, 0.25) is 0 Å². The highest BCUT2D eigenvalue weighted by atomic mass is 16.2. The Labute approximate surface area is 127 Å². The summed E-state index contributed by atoms with van der Waals surface area (Å²) >= 11 is 0. The van der Waals surface area contributed by atoms with E-state index in [2.05, 4.69) is 17.3 Å². The molecule has 0 bridgehead atoms. The normalized spacial score (nSPS) is 27.4. The van der Waals surface area contributed by atoms with Gasteiger partial charge in [-0.2, -0.15) is 5.10 Å². The zero-order valence-electron chi connectivity index (χ0n) is 13.6. The topological polar surface area (TPSA) is 72.9 Å². The van der Waals surface area contributed by atoms with Gasteiger partial charge in [-0.05, 0) is 45.4 Å². The van der Waals surface area contributed by atoms with E-state index in [9.17, 15) is 4.79 Å². The van der Waals surface area contributed by atoms with Gasteiger partial charge in [-0.1, -0.05) is 6.92 Å². The van der Waals surface area contributed by atoms with Gasteiger partial charge in [0.1, 0.15) is 0 Å². The van der Waals surface area contributed by atoms with Gasteiger partial charge in [0.15, 0.2) is 0 Å². The maximum absolute atomic E-state index is 12.7. The average molecular weight is 292 g/mol. The summed E-state index contributed by atoms with van der Waals surface area (Å²) in [7, 11) is 1.91. The Morgan fingerprint density at radius 1 is 1.57 bits per heavy atom. The number of hydrogen-bond acceptors (Lipinski definition) is 3. The molecule has 3 N–H and O–H groups in total. The molecule has 5 heteroatoms. The van der Waals surface area contributed by atoms with Crippen molar-refractivity contribution in [1.29, 1.82) is 0 Å². The zero-order chi connectivity index (χ0) is 15.6. The molecule has 1 amide bonds. The first-order valence-corrected chi connectivity index (χ1v) is 7.89. The summed E-state index contributed by atoms with van der Waals surface area (Å²) in [6, 6.07) is -0.0334. The van der Waals surface area contributed by atoms with Crippen LogP contribution in [-0.2, 0) is 11.8 Å². The van der Waals surface area contributed by atoms with Crippen LogP contribution in [-0.4, -0.2) is 22.2 Å². The van der Waals surface area contributed by atoms with Crippen LogP contribution >= 0.6 is 0 Å². The molecule has 0 saturated heterocycles. The smallest absolute Gasteiger partial charge is 0.227 e. The predicted octanol–water partition coefficient (Wildman–Crippen LogP) is 2.06. The molecule has 0 radical (unpaired) electrons. The fraction of sp³-hybridized carbons (Fsp3) is 0.750. The van der Waals surface area contributed by atoms with Crippen LogP contribution in [0.5, 0.6) is 0 Å². The van der Waals surface area contributed by atoms with Crippen LogP contribution in [0.1, 0.15) is 56.8 Å². The number of amides is 1. The minimum atomic E-state index is -0.378. The number of aryl methyl sites for hydroxylation is 1. The molecule has 0 aromatic carbocycles. The summed E-state index contributed by atoms with van der Waals surface area (Å²) in [5.74, 6) is 0.808. The van der Waals surface area contributed by atoms with E-state index >= 15 is 0 Å². The lowest BCUT2D eigenvalue weighted by Gasteiger charge is -2.37. The van der Waals surface area contributed by atoms with E-state index in [0.29, 0.717) is 12.5 Å². The highest BCUT2D eigenvalue weighted by molar-refractivity contribution is 5.83. The van der Waals surface area contributed by atoms with Gasteiger partial charge in [0.25, 0.3) is 0 Å². The van der Waals surface area contributed by atoms with E-state index in [1.807, 2.05) is 31.8 Å². The molecule has 1 aromatic heterocycles. The van der Waals surface area contributed by atoms with Crippen molar-refractivity contribution in [3.63, 3.8) is 0 Å². The third-order valence-corrected chi connectivity index (χ3v) is 5.19. The van der Waals surface area contributed by atoms with Crippen LogP contribution in [0.15, 0.2) is 6.20 Å². The minimum Gasteiger partial charge on any atom is -0.349 e. The molecule has 1 fully saturated rings. The van der Waals surface area contributed by atoms with E-state index in [-0.39, 0.29) is 17.4 Å². The first-order valence-electron chi connectivity index (χ1n) is 7.89. The molecule has 118 valence electrons. The molecule has 1 saturated carbocycles. The minimum absolute atomic E-state index is 0.0334. The van der Waals surface area contributed by atoms with Crippen molar-refractivity contribution < 1.29 is 4.79 Å². The van der Waals surface area contributed by atoms with Crippen molar-refractivity contribution in [2.45, 2.75) is 52.5 Å². The fourth-order valence-electron chi connectivity index (χ4n) is 3.21. The average Bonchev–Trinajstić information content (AvgIpc) is 2.80. The van der Waals surface area contributed by atoms with Crippen molar-refractivity contribution in [2.24, 2.45) is 24.1 Å². The van der Waals surface area contributed by atoms with Crippen molar-refractivity contribution >= 4 is 5.91 Å². The number of nitrogens with one attached hydrogen (secondary N) is 1. The number of rotatable bonds is 4. The Morgan fingerprint density at radius 2 is 2.19 bits per heavy atom. The molecule has 21 heavy (non-hydrogen) atoms. The van der Waals surface area contributed by atoms with Crippen molar-refractivity contribution in [2.75, 3.05) is 6.54 Å². The van der Waals surface area contributed by atoms with Crippen molar-refractivity contribution in [3.05, 3.63) is 17.5 Å². The lowest BCUT2D eigenvalue weighted by molar-refractivity contribution is -0.133. The molecule has 0 aliphatic heterocycles. The van der Waals surface area contributed by atoms with Crippen LogP contribution in [0.4, 0.5) is 0 Å². The molecule has 2 rings (SSSR count). The van der Waals surface area contributed by atoms with Gasteiger partial charge in [0.2, 0.25) is 5.91 Å². The molecule has 1 aliphatic rings. The molecule has 1 aliphatic carbocycles. The number of carbonyl (C=O) groups excluding carboxylic acids is 1. The second kappa shape index (κ2) is 6.18. The molecule has 1 unspecified atom stereocenters. The second-order valence-corrected chi connectivity index (χ2v) is 6.67. The van der Waals surface area contributed by atoms with E-state index in [1.165, 1.54) is 0 Å². The zero-order valence-corrected chi connectivity index (χ0v) is 13.6. The molecular formula is C16H28N4O. The summed E-state index contributed by atoms with van der Waals surface area (Å²) in [6.45, 7) is 6.72. The predicted molar refractivity (Wildman–Crippen MR) is 83.6 cm³/mol. The van der Waals surface area contributed by atoms with E-state index in [0.717, 1.165) is 36.9 Å². The number of hydrogen-bond donors (Lipinski definition) is 2. The highest BCUT2D eigenvalue weighted by Crippen LogP contribution is 2.38. The van der Waals surface area contributed by atoms with Crippen molar-refractivity contribution in [1.82, 2.24) is 15.1 Å². The van der Waals surface area contributed by atoms with E-state index in [4.69, 9.17) is 5.73 Å². The lowest BCUT2D eigenvalue weighted by Crippen LogP contribution is -2.48. The molecular weight excluding hydrogens is 264 g/mol. The molecule has 1 aromatic rings. The quantitative estimate of drug-likeness (QED) is 0.892. The van der Waals surface area contributed by atoms with Gasteiger partial charge < -0.3 is 11.1 Å². The fourth-order valence-corrected chi connectivity index (χ4v) is 3.21. The lowest BCUT2D eigenvalue weighted by atomic mass is 9.70. The Hall–Kier alpha value is -1.36. The summed E-state index contributed by atoms with van der Waals surface area (Å²) in [5, 5.41) is 7.40. The Kier molecular flexibility index (Phi) is 4.71. The summed E-state index contributed by atoms with van der Waals surface area (Å²) in [5.41, 5.74) is 7.73. The molecule has 5 nitrogen and oxygen atoms in total. The van der Waals surface area contributed by atoms with Crippen molar-refractivity contribution in [3.8, 4) is 0 Å². The standard InChI is InChI=1S/C16H28N4O/c1-11-5-7-16(10-17,8-6-11)15(21)19-12(2)14-9-18-20(4)13(14)3/h9,11-12H,5-8,10,17H2,1-4H3,(H,19,21). The summed E-state index contributed by atoms with van der Waals surface area (Å²) < 4.78 is 1.83. The van der Waals surface area contributed by atoms with E-state index < -0.39 is 0 Å². The number of nitrogens with zero attached hydrogens (tertiary/aromatic N) is 2. The first kappa shape index (κ1) is 16.0. The maximum Gasteiger partial charge on any atom is 0.227 e. The van der Waals surface area contributed by atoms with Gasteiger partial charge in [0, 0.05) is 24.8 Å². The SMILES string of the molecule is Cc1c(C(C)NC(=O)C2(CN)CCC(C)CC2)cnn1C. The number of nitrogens with two attached hydrogens (primary N) is 1. The third-order valence-electron chi connectivity index (χ3n) is 5.19. The first-order chi connectivity index (χ1) is 9.89. The Morgan fingerprint density at radius 3 is 2.67 bits per heavy atom. The van der Waals surface area contributed by atoms with Gasteiger partial charge in [-0.15, -0.1) is 0 Å². The van der Waals surface area contributed by atoms with Gasteiger partial charge in [-0.3, -0.25) is 9.48 Å². The van der Waals surface area contributed by atoms with Gasteiger partial charge in [-0.25, -0.2) is 0 Å². The maximum atomic E-state index is 12.7. The summed E-state index contributed by atoms with van der Waals surface area (Å²) in [6.07, 6.45) is 5.80.